The van der Waals surface area contributed by atoms with E-state index in [4.69, 9.17) is 22.3 Å². The molecule has 0 aliphatic heterocycles. The Bertz CT molecular complexity index is 1130. The number of nitrogen functional groups attached to an aromatic ring is 2. The van der Waals surface area contributed by atoms with Gasteiger partial charge in [0.25, 0.3) is 0 Å². The minimum Gasteiger partial charge on any atom is -0.384 e. The highest BCUT2D eigenvalue weighted by atomic mass is 15.0. The number of nitrogens with one attached hydrogen (secondary N) is 4. The Morgan fingerprint density at radius 3 is 2.23 bits per heavy atom. The van der Waals surface area contributed by atoms with Crippen LogP contribution in [0.5, 0.6) is 0 Å². The molecule has 128 valence electrons. The average molecular weight is 344 g/mol. The van der Waals surface area contributed by atoms with Crippen LogP contribution in [0.25, 0.3) is 33.9 Å². The lowest BCUT2D eigenvalue weighted by Gasteiger charge is -2.00. The molecular weight excluding hydrogens is 328 g/mol. The lowest BCUT2D eigenvalue weighted by molar-refractivity contribution is 1.21. The maximum Gasteiger partial charge on any atom is 0.174 e. The minimum absolute atomic E-state index is 0.0114. The predicted octanol–water partition coefficient (Wildman–Crippen LogP) is 2.19. The van der Waals surface area contributed by atoms with Crippen LogP contribution in [0.2, 0.25) is 0 Å². The first-order valence-electron chi connectivity index (χ1n) is 7.85. The van der Waals surface area contributed by atoms with E-state index in [1.807, 2.05) is 18.2 Å². The van der Waals surface area contributed by atoms with Gasteiger partial charge in [-0.3, -0.25) is 10.8 Å². The Kier molecular flexibility index (Phi) is 3.51. The second-order valence-electron chi connectivity index (χ2n) is 5.87. The van der Waals surface area contributed by atoms with Crippen molar-refractivity contribution in [3.63, 3.8) is 0 Å². The maximum atomic E-state index is 7.53. The molecule has 0 unspecified atom stereocenters. The Labute approximate surface area is 148 Å². The highest BCUT2D eigenvalue weighted by Gasteiger charge is 2.11. The van der Waals surface area contributed by atoms with Gasteiger partial charge in [-0.1, -0.05) is 24.3 Å². The third-order valence-corrected chi connectivity index (χ3v) is 4.10. The molecule has 4 rings (SSSR count). The molecule has 0 saturated carbocycles. The molecule has 0 aliphatic carbocycles. The van der Waals surface area contributed by atoms with E-state index in [-0.39, 0.29) is 11.7 Å². The van der Waals surface area contributed by atoms with Gasteiger partial charge >= 0.3 is 0 Å². The number of nitrogens with two attached hydrogens (primary N) is 2. The minimum atomic E-state index is 0.0114. The second-order valence-corrected chi connectivity index (χ2v) is 5.87. The number of aromatic nitrogens is 4. The Morgan fingerprint density at radius 2 is 1.54 bits per heavy atom. The summed E-state index contributed by atoms with van der Waals surface area (Å²) in [5.74, 6) is 1.26. The van der Waals surface area contributed by atoms with Gasteiger partial charge in [0.15, 0.2) is 11.6 Å². The summed E-state index contributed by atoms with van der Waals surface area (Å²) in [6.07, 6.45) is 1.73. The van der Waals surface area contributed by atoms with Crippen LogP contribution in [0.3, 0.4) is 0 Å². The normalized spacial score (nSPS) is 10.9. The molecule has 0 saturated heterocycles. The molecule has 2 aromatic heterocycles. The fourth-order valence-electron chi connectivity index (χ4n) is 2.71. The zero-order valence-electron chi connectivity index (χ0n) is 13.7. The number of hydrogen-bond donors (Lipinski definition) is 6. The van der Waals surface area contributed by atoms with Gasteiger partial charge in [0, 0.05) is 11.1 Å². The van der Waals surface area contributed by atoms with Crippen LogP contribution in [0, 0.1) is 10.8 Å². The highest BCUT2D eigenvalue weighted by molar-refractivity contribution is 5.98. The Balaban J connectivity index is 1.68. The van der Waals surface area contributed by atoms with E-state index in [1.165, 1.54) is 0 Å². The number of hydrogen-bond acceptors (Lipinski definition) is 4. The van der Waals surface area contributed by atoms with Crippen molar-refractivity contribution in [3.8, 4) is 22.9 Å². The molecule has 8 N–H and O–H groups in total. The van der Waals surface area contributed by atoms with Crippen LogP contribution >= 0.6 is 0 Å². The molecule has 26 heavy (non-hydrogen) atoms. The van der Waals surface area contributed by atoms with E-state index in [0.29, 0.717) is 22.8 Å². The number of benzene rings is 2. The molecule has 2 aromatic carbocycles. The summed E-state index contributed by atoms with van der Waals surface area (Å²) in [7, 11) is 0. The monoisotopic (exact) mass is 344 g/mol. The number of aromatic amines is 2. The summed E-state index contributed by atoms with van der Waals surface area (Å²) in [6, 6.07) is 12.7. The highest BCUT2D eigenvalue weighted by Crippen LogP contribution is 2.23. The van der Waals surface area contributed by atoms with Crippen molar-refractivity contribution < 1.29 is 0 Å². The van der Waals surface area contributed by atoms with Crippen molar-refractivity contribution >= 4 is 22.7 Å². The molecule has 8 heteroatoms. The van der Waals surface area contributed by atoms with Crippen LogP contribution < -0.4 is 11.5 Å². The molecule has 0 spiro atoms. The molecule has 0 fully saturated rings. The van der Waals surface area contributed by atoms with Crippen molar-refractivity contribution in [1.82, 2.24) is 19.9 Å². The fraction of sp³-hybridized carbons (Fsp3) is 0. The van der Waals surface area contributed by atoms with E-state index < -0.39 is 0 Å². The first-order chi connectivity index (χ1) is 12.5. The number of fused-ring (bicyclic) bond motifs is 1. The first-order valence-corrected chi connectivity index (χ1v) is 7.85. The molecule has 0 radical (unpaired) electrons. The van der Waals surface area contributed by atoms with Crippen molar-refractivity contribution in [2.75, 3.05) is 0 Å². The van der Waals surface area contributed by atoms with E-state index in [2.05, 4.69) is 19.9 Å². The SMILES string of the molecule is N=C(N)c1ccc(-c2cnc(-c3nc4ccc(C(=N)N)cc4[nH]3)[nH]2)cc1. The van der Waals surface area contributed by atoms with Gasteiger partial charge in [-0.2, -0.15) is 0 Å². The van der Waals surface area contributed by atoms with Gasteiger partial charge in [-0.25, -0.2) is 9.97 Å². The summed E-state index contributed by atoms with van der Waals surface area (Å²) in [5, 5.41) is 15.0. The number of rotatable bonds is 4. The molecule has 8 nitrogen and oxygen atoms in total. The predicted molar refractivity (Wildman–Crippen MR) is 101 cm³/mol. The maximum absolute atomic E-state index is 7.53. The molecule has 0 aliphatic rings. The lowest BCUT2D eigenvalue weighted by atomic mass is 10.1. The van der Waals surface area contributed by atoms with E-state index in [1.54, 1.807) is 30.5 Å². The number of amidine groups is 2. The summed E-state index contributed by atoms with van der Waals surface area (Å²) in [4.78, 5) is 15.3. The van der Waals surface area contributed by atoms with E-state index in [9.17, 15) is 0 Å². The zero-order valence-corrected chi connectivity index (χ0v) is 13.7. The lowest BCUT2D eigenvalue weighted by Crippen LogP contribution is -2.10. The first kappa shape index (κ1) is 15.6. The van der Waals surface area contributed by atoms with Gasteiger partial charge in [0.05, 0.1) is 22.9 Å². The van der Waals surface area contributed by atoms with Crippen molar-refractivity contribution in [2.24, 2.45) is 11.5 Å². The molecule has 4 aromatic rings. The van der Waals surface area contributed by atoms with Crippen LogP contribution in [-0.4, -0.2) is 31.6 Å². The Morgan fingerprint density at radius 1 is 0.846 bits per heavy atom. The Hall–Kier alpha value is -3.94. The van der Waals surface area contributed by atoms with Gasteiger partial charge < -0.3 is 21.4 Å². The standard InChI is InChI=1S/C18H16N8/c19-15(20)10-3-1-9(2-4-10)14-8-23-17(26-14)18-24-12-6-5-11(16(21)22)7-13(12)25-18/h1-8H,(H3,19,20)(H3,21,22)(H,23,26)(H,24,25). The van der Waals surface area contributed by atoms with E-state index >= 15 is 0 Å². The van der Waals surface area contributed by atoms with Crippen LogP contribution in [-0.2, 0) is 0 Å². The van der Waals surface area contributed by atoms with Crippen LogP contribution in [0.4, 0.5) is 0 Å². The van der Waals surface area contributed by atoms with E-state index in [0.717, 1.165) is 22.3 Å². The summed E-state index contributed by atoms with van der Waals surface area (Å²) in [6.45, 7) is 0. The second kappa shape index (κ2) is 5.85. The number of nitrogens with zero attached hydrogens (tertiary/aromatic N) is 2. The smallest absolute Gasteiger partial charge is 0.174 e. The van der Waals surface area contributed by atoms with Gasteiger partial charge in [-0.15, -0.1) is 0 Å². The summed E-state index contributed by atoms with van der Waals surface area (Å²) < 4.78 is 0. The molecule has 0 amide bonds. The van der Waals surface area contributed by atoms with Gasteiger partial charge in [-0.05, 0) is 23.8 Å². The third kappa shape index (κ3) is 2.69. The van der Waals surface area contributed by atoms with Crippen LogP contribution in [0.15, 0.2) is 48.7 Å². The average Bonchev–Trinajstić information content (AvgIpc) is 3.27. The molecule has 0 atom stereocenters. The number of imidazole rings is 2. The summed E-state index contributed by atoms with van der Waals surface area (Å²) in [5.41, 5.74) is 15.6. The topological polar surface area (TPSA) is 157 Å². The van der Waals surface area contributed by atoms with Gasteiger partial charge in [0.2, 0.25) is 0 Å². The van der Waals surface area contributed by atoms with Crippen molar-refractivity contribution in [3.05, 3.63) is 59.8 Å². The fourth-order valence-corrected chi connectivity index (χ4v) is 2.71. The van der Waals surface area contributed by atoms with Gasteiger partial charge in [0.1, 0.15) is 11.7 Å². The molecular formula is C18H16N8. The molecule has 2 heterocycles. The number of H-pyrrole nitrogens is 2. The van der Waals surface area contributed by atoms with Crippen LogP contribution in [0.1, 0.15) is 11.1 Å². The largest absolute Gasteiger partial charge is 0.384 e. The third-order valence-electron chi connectivity index (χ3n) is 4.10. The van der Waals surface area contributed by atoms with Crippen molar-refractivity contribution in [1.29, 1.82) is 10.8 Å². The zero-order chi connectivity index (χ0) is 18.3. The molecule has 0 bridgehead atoms. The quantitative estimate of drug-likeness (QED) is 0.248. The summed E-state index contributed by atoms with van der Waals surface area (Å²) >= 11 is 0. The van der Waals surface area contributed by atoms with Crippen molar-refractivity contribution in [2.45, 2.75) is 0 Å².